The molecule has 130 valence electrons. The molecule has 2 N–H and O–H groups in total. The molecule has 2 aromatic heterocycles. The molecule has 2 aromatic carbocycles. The highest BCUT2D eigenvalue weighted by Crippen LogP contribution is 2.23. The minimum Gasteiger partial charge on any atom is -0.443 e. The SMILES string of the molecule is CCc1ccc(Nc2ncc(C)c(Nc3ccc4ocnc4c3)n2)cc1. The number of oxazole rings is 1. The molecule has 0 fully saturated rings. The number of anilines is 4. The molecular formula is C20H19N5O. The number of benzene rings is 2. The Hall–Kier alpha value is -3.41. The topological polar surface area (TPSA) is 75.9 Å². The van der Waals surface area contributed by atoms with E-state index >= 15 is 0 Å². The normalized spacial score (nSPS) is 10.8. The maximum absolute atomic E-state index is 5.27. The standard InChI is InChI=1S/C20H19N5O/c1-3-14-4-6-15(7-5-14)24-20-21-11-13(2)19(25-20)23-16-8-9-18-17(10-16)22-12-26-18/h4-12H,3H2,1-2H3,(H2,21,23,24,25). The van der Waals surface area contributed by atoms with Crippen molar-refractivity contribution in [1.29, 1.82) is 0 Å². The summed E-state index contributed by atoms with van der Waals surface area (Å²) < 4.78 is 5.27. The van der Waals surface area contributed by atoms with Crippen molar-refractivity contribution in [2.75, 3.05) is 10.6 Å². The predicted molar refractivity (Wildman–Crippen MR) is 103 cm³/mol. The van der Waals surface area contributed by atoms with Crippen molar-refractivity contribution in [3.63, 3.8) is 0 Å². The van der Waals surface area contributed by atoms with E-state index in [1.807, 2.05) is 37.3 Å². The highest BCUT2D eigenvalue weighted by molar-refractivity contribution is 5.78. The van der Waals surface area contributed by atoms with Crippen LogP contribution in [-0.2, 0) is 6.42 Å². The van der Waals surface area contributed by atoms with Crippen molar-refractivity contribution in [3.8, 4) is 0 Å². The Morgan fingerprint density at radius 1 is 0.962 bits per heavy atom. The van der Waals surface area contributed by atoms with Gasteiger partial charge in [0, 0.05) is 23.1 Å². The third kappa shape index (κ3) is 3.35. The first-order valence-electron chi connectivity index (χ1n) is 8.51. The van der Waals surface area contributed by atoms with Crippen molar-refractivity contribution in [1.82, 2.24) is 15.0 Å². The van der Waals surface area contributed by atoms with Gasteiger partial charge in [-0.1, -0.05) is 19.1 Å². The minimum absolute atomic E-state index is 0.546. The lowest BCUT2D eigenvalue weighted by Gasteiger charge is -2.11. The minimum atomic E-state index is 0.546. The fraction of sp³-hybridized carbons (Fsp3) is 0.150. The van der Waals surface area contributed by atoms with Gasteiger partial charge in [-0.15, -0.1) is 0 Å². The molecular weight excluding hydrogens is 326 g/mol. The summed E-state index contributed by atoms with van der Waals surface area (Å²) in [6.45, 7) is 4.11. The molecule has 0 spiro atoms. The van der Waals surface area contributed by atoms with Gasteiger partial charge in [0.25, 0.3) is 0 Å². The lowest BCUT2D eigenvalue weighted by atomic mass is 10.1. The number of fused-ring (bicyclic) bond motifs is 1. The van der Waals surface area contributed by atoms with E-state index in [2.05, 4.69) is 44.6 Å². The molecule has 4 aromatic rings. The molecule has 26 heavy (non-hydrogen) atoms. The van der Waals surface area contributed by atoms with Gasteiger partial charge < -0.3 is 15.1 Å². The number of hydrogen-bond donors (Lipinski definition) is 2. The number of rotatable bonds is 5. The van der Waals surface area contributed by atoms with Gasteiger partial charge in [0.15, 0.2) is 12.0 Å². The van der Waals surface area contributed by atoms with Gasteiger partial charge in [-0.25, -0.2) is 9.97 Å². The molecule has 0 radical (unpaired) electrons. The van der Waals surface area contributed by atoms with Crippen LogP contribution in [0.2, 0.25) is 0 Å². The van der Waals surface area contributed by atoms with Crippen molar-refractivity contribution < 1.29 is 4.42 Å². The fourth-order valence-electron chi connectivity index (χ4n) is 2.65. The largest absolute Gasteiger partial charge is 0.443 e. The van der Waals surface area contributed by atoms with Crippen LogP contribution >= 0.6 is 0 Å². The summed E-state index contributed by atoms with van der Waals surface area (Å²) in [7, 11) is 0. The predicted octanol–water partition coefficient (Wildman–Crippen LogP) is 4.98. The first-order chi connectivity index (χ1) is 12.7. The second kappa shape index (κ2) is 6.84. The smallest absolute Gasteiger partial charge is 0.229 e. The van der Waals surface area contributed by atoms with E-state index in [0.717, 1.165) is 40.3 Å². The monoisotopic (exact) mass is 345 g/mol. The van der Waals surface area contributed by atoms with Gasteiger partial charge in [-0.2, -0.15) is 4.98 Å². The summed E-state index contributed by atoms with van der Waals surface area (Å²) in [4.78, 5) is 13.1. The van der Waals surface area contributed by atoms with Crippen LogP contribution < -0.4 is 10.6 Å². The summed E-state index contributed by atoms with van der Waals surface area (Å²) >= 11 is 0. The first-order valence-corrected chi connectivity index (χ1v) is 8.51. The van der Waals surface area contributed by atoms with Gasteiger partial charge in [0.2, 0.25) is 5.95 Å². The Morgan fingerprint density at radius 3 is 2.58 bits per heavy atom. The third-order valence-corrected chi connectivity index (χ3v) is 4.18. The second-order valence-electron chi connectivity index (χ2n) is 6.06. The van der Waals surface area contributed by atoms with Crippen LogP contribution in [0.5, 0.6) is 0 Å². The number of nitrogens with zero attached hydrogens (tertiary/aromatic N) is 3. The van der Waals surface area contributed by atoms with E-state index in [0.29, 0.717) is 5.95 Å². The Labute approximate surface area is 151 Å². The zero-order chi connectivity index (χ0) is 17.9. The highest BCUT2D eigenvalue weighted by atomic mass is 16.3. The molecule has 6 nitrogen and oxygen atoms in total. The molecule has 2 heterocycles. The number of aromatic nitrogens is 3. The summed E-state index contributed by atoms with van der Waals surface area (Å²) in [5.74, 6) is 1.29. The number of aryl methyl sites for hydroxylation is 2. The number of hydrogen-bond acceptors (Lipinski definition) is 6. The molecule has 0 saturated carbocycles. The zero-order valence-corrected chi connectivity index (χ0v) is 14.7. The van der Waals surface area contributed by atoms with Crippen LogP contribution in [0.15, 0.2) is 59.5 Å². The maximum atomic E-state index is 5.27. The van der Waals surface area contributed by atoms with Gasteiger partial charge in [-0.3, -0.25) is 0 Å². The van der Waals surface area contributed by atoms with Crippen molar-refractivity contribution in [2.45, 2.75) is 20.3 Å². The Balaban J connectivity index is 1.56. The first kappa shape index (κ1) is 16.1. The lowest BCUT2D eigenvalue weighted by molar-refractivity contribution is 0.602. The van der Waals surface area contributed by atoms with Crippen LogP contribution in [0.3, 0.4) is 0 Å². The Morgan fingerprint density at radius 2 is 1.77 bits per heavy atom. The number of nitrogens with one attached hydrogen (secondary N) is 2. The summed E-state index contributed by atoms with van der Waals surface area (Å²) in [5, 5.41) is 6.57. The molecule has 0 aliphatic rings. The van der Waals surface area contributed by atoms with Crippen LogP contribution in [0.25, 0.3) is 11.1 Å². The molecule has 4 rings (SSSR count). The highest BCUT2D eigenvalue weighted by Gasteiger charge is 2.07. The molecule has 0 aliphatic heterocycles. The molecule has 0 amide bonds. The van der Waals surface area contributed by atoms with Crippen molar-refractivity contribution >= 4 is 34.2 Å². The van der Waals surface area contributed by atoms with Gasteiger partial charge >= 0.3 is 0 Å². The lowest BCUT2D eigenvalue weighted by Crippen LogP contribution is -2.02. The summed E-state index contributed by atoms with van der Waals surface area (Å²) in [5.41, 5.74) is 5.67. The maximum Gasteiger partial charge on any atom is 0.229 e. The molecule has 0 bridgehead atoms. The fourth-order valence-corrected chi connectivity index (χ4v) is 2.65. The van der Waals surface area contributed by atoms with Gasteiger partial charge in [-0.05, 0) is 49.2 Å². The van der Waals surface area contributed by atoms with Crippen LogP contribution in [0, 0.1) is 6.92 Å². The molecule has 0 aliphatic carbocycles. The Kier molecular flexibility index (Phi) is 4.23. The van der Waals surface area contributed by atoms with Crippen molar-refractivity contribution in [2.24, 2.45) is 0 Å². The van der Waals surface area contributed by atoms with Gasteiger partial charge in [0.05, 0.1) is 0 Å². The van der Waals surface area contributed by atoms with E-state index < -0.39 is 0 Å². The van der Waals surface area contributed by atoms with Gasteiger partial charge in [0.1, 0.15) is 11.3 Å². The molecule has 0 atom stereocenters. The van der Waals surface area contributed by atoms with Crippen LogP contribution in [-0.4, -0.2) is 15.0 Å². The average Bonchev–Trinajstić information content (AvgIpc) is 3.13. The zero-order valence-electron chi connectivity index (χ0n) is 14.7. The quantitative estimate of drug-likeness (QED) is 0.531. The van der Waals surface area contributed by atoms with Crippen molar-refractivity contribution in [3.05, 3.63) is 66.2 Å². The second-order valence-corrected chi connectivity index (χ2v) is 6.06. The van der Waals surface area contributed by atoms with E-state index in [4.69, 9.17) is 4.42 Å². The van der Waals surface area contributed by atoms with Crippen LogP contribution in [0.1, 0.15) is 18.1 Å². The third-order valence-electron chi connectivity index (χ3n) is 4.18. The summed E-state index contributed by atoms with van der Waals surface area (Å²) in [6.07, 6.45) is 4.26. The van der Waals surface area contributed by atoms with E-state index in [1.54, 1.807) is 6.20 Å². The van der Waals surface area contributed by atoms with E-state index in [-0.39, 0.29) is 0 Å². The van der Waals surface area contributed by atoms with Crippen LogP contribution in [0.4, 0.5) is 23.1 Å². The molecule has 0 saturated heterocycles. The van der Waals surface area contributed by atoms with E-state index in [1.165, 1.54) is 12.0 Å². The summed E-state index contributed by atoms with van der Waals surface area (Å²) in [6, 6.07) is 14.0. The van der Waals surface area contributed by atoms with E-state index in [9.17, 15) is 0 Å². The Bertz CT molecular complexity index is 1040. The average molecular weight is 345 g/mol. The molecule has 6 heteroatoms. The molecule has 0 unspecified atom stereocenters.